The summed E-state index contributed by atoms with van der Waals surface area (Å²) in [6.45, 7) is 4.34. The maximum Gasteiger partial charge on any atom is 0.0740 e. The number of aryl methyl sites for hydroxylation is 1. The summed E-state index contributed by atoms with van der Waals surface area (Å²) < 4.78 is 0. The molecule has 1 aromatic carbocycles. The third kappa shape index (κ3) is 1.85. The van der Waals surface area contributed by atoms with Crippen molar-refractivity contribution in [1.82, 2.24) is 10.0 Å². The van der Waals surface area contributed by atoms with E-state index >= 15 is 0 Å². The van der Waals surface area contributed by atoms with Crippen LogP contribution in [0.5, 0.6) is 0 Å². The Morgan fingerprint density at radius 2 is 1.75 bits per heavy atom. The average Bonchev–Trinajstić information content (AvgIpc) is 2.57. The van der Waals surface area contributed by atoms with E-state index in [1.165, 1.54) is 16.8 Å². The molecule has 0 bridgehead atoms. The van der Waals surface area contributed by atoms with Crippen LogP contribution < -0.4 is 0 Å². The highest BCUT2D eigenvalue weighted by molar-refractivity contribution is 5.29. The van der Waals surface area contributed by atoms with Gasteiger partial charge in [-0.15, -0.1) is 0 Å². The number of hydrogen-bond acceptors (Lipinski definition) is 2. The molecule has 1 aromatic rings. The van der Waals surface area contributed by atoms with Crippen LogP contribution in [0.3, 0.4) is 0 Å². The predicted octanol–water partition coefficient (Wildman–Crippen LogP) is 2.99. The van der Waals surface area contributed by atoms with Crippen molar-refractivity contribution in [3.05, 3.63) is 47.2 Å². The highest BCUT2D eigenvalue weighted by Gasteiger charge is 2.24. The van der Waals surface area contributed by atoms with E-state index in [1.807, 2.05) is 0 Å². The normalized spacial score (nSPS) is 21.4. The molecule has 1 atom stereocenters. The van der Waals surface area contributed by atoms with Gasteiger partial charge in [-0.1, -0.05) is 31.2 Å². The zero-order valence-electron chi connectivity index (χ0n) is 10.6. The number of benzene rings is 1. The molecule has 1 aliphatic heterocycles. The topological polar surface area (TPSA) is 6.48 Å². The summed E-state index contributed by atoms with van der Waals surface area (Å²) in [6.07, 6.45) is 3.41. The van der Waals surface area contributed by atoms with Crippen LogP contribution in [0.1, 0.15) is 31.0 Å². The minimum absolute atomic E-state index is 0.385. The molecule has 0 amide bonds. The van der Waals surface area contributed by atoms with Crippen LogP contribution in [0.4, 0.5) is 0 Å². The Labute approximate surface area is 98.1 Å². The molecule has 0 saturated carbocycles. The SMILES string of the molecule is CCc1ccc(C2C=C(C)N(C)N2C)cc1. The Morgan fingerprint density at radius 3 is 2.19 bits per heavy atom. The van der Waals surface area contributed by atoms with Crippen LogP contribution in [0, 0.1) is 0 Å². The quantitative estimate of drug-likeness (QED) is 0.750. The van der Waals surface area contributed by atoms with Gasteiger partial charge in [0.25, 0.3) is 0 Å². The molecular formula is C14H20N2. The Kier molecular flexibility index (Phi) is 3.01. The van der Waals surface area contributed by atoms with E-state index in [2.05, 4.69) is 68.3 Å². The number of allylic oxidation sites excluding steroid dienone is 1. The summed E-state index contributed by atoms with van der Waals surface area (Å²) in [5.74, 6) is 0. The Balaban J connectivity index is 2.25. The molecule has 0 spiro atoms. The van der Waals surface area contributed by atoms with Crippen LogP contribution in [-0.2, 0) is 6.42 Å². The third-order valence-electron chi connectivity index (χ3n) is 3.51. The number of hydrazine groups is 1. The maximum atomic E-state index is 2.31. The maximum absolute atomic E-state index is 2.31. The molecule has 0 radical (unpaired) electrons. The van der Waals surface area contributed by atoms with Crippen LogP contribution >= 0.6 is 0 Å². The van der Waals surface area contributed by atoms with Gasteiger partial charge in [-0.25, -0.2) is 5.01 Å². The van der Waals surface area contributed by atoms with E-state index in [0.717, 1.165) is 6.42 Å². The van der Waals surface area contributed by atoms with Gasteiger partial charge in [0.2, 0.25) is 0 Å². The molecule has 0 aromatic heterocycles. The first-order valence-electron chi connectivity index (χ1n) is 5.87. The summed E-state index contributed by atoms with van der Waals surface area (Å²) in [7, 11) is 4.23. The summed E-state index contributed by atoms with van der Waals surface area (Å²) in [6, 6.07) is 9.32. The first-order chi connectivity index (χ1) is 7.63. The minimum atomic E-state index is 0.385. The van der Waals surface area contributed by atoms with Crippen molar-refractivity contribution in [1.29, 1.82) is 0 Å². The van der Waals surface area contributed by atoms with E-state index in [1.54, 1.807) is 0 Å². The lowest BCUT2D eigenvalue weighted by Gasteiger charge is -2.28. The largest absolute Gasteiger partial charge is 0.313 e. The molecule has 2 heteroatoms. The van der Waals surface area contributed by atoms with E-state index < -0.39 is 0 Å². The van der Waals surface area contributed by atoms with Crippen molar-refractivity contribution in [2.24, 2.45) is 0 Å². The Morgan fingerprint density at radius 1 is 1.12 bits per heavy atom. The van der Waals surface area contributed by atoms with Crippen LogP contribution in [-0.4, -0.2) is 24.1 Å². The second kappa shape index (κ2) is 4.30. The van der Waals surface area contributed by atoms with Crippen LogP contribution in [0.25, 0.3) is 0 Å². The van der Waals surface area contributed by atoms with E-state index in [4.69, 9.17) is 0 Å². The van der Waals surface area contributed by atoms with Gasteiger partial charge < -0.3 is 5.01 Å². The molecule has 86 valence electrons. The van der Waals surface area contributed by atoms with Gasteiger partial charge in [-0.3, -0.25) is 0 Å². The van der Waals surface area contributed by atoms with Crippen molar-refractivity contribution in [3.8, 4) is 0 Å². The summed E-state index contributed by atoms with van der Waals surface area (Å²) >= 11 is 0. The molecule has 2 rings (SSSR count). The lowest BCUT2D eigenvalue weighted by atomic mass is 10.0. The molecule has 0 aliphatic carbocycles. The first-order valence-corrected chi connectivity index (χ1v) is 5.87. The van der Waals surface area contributed by atoms with Gasteiger partial charge in [0.15, 0.2) is 0 Å². The smallest absolute Gasteiger partial charge is 0.0740 e. The highest BCUT2D eigenvalue weighted by Crippen LogP contribution is 2.30. The van der Waals surface area contributed by atoms with Gasteiger partial charge in [0, 0.05) is 19.8 Å². The zero-order valence-corrected chi connectivity index (χ0v) is 10.6. The van der Waals surface area contributed by atoms with Gasteiger partial charge in [0.1, 0.15) is 0 Å². The Bertz CT molecular complexity index is 392. The van der Waals surface area contributed by atoms with Gasteiger partial charge >= 0.3 is 0 Å². The predicted molar refractivity (Wildman–Crippen MR) is 67.8 cm³/mol. The fraction of sp³-hybridized carbons (Fsp3) is 0.429. The molecule has 0 fully saturated rings. The van der Waals surface area contributed by atoms with Crippen molar-refractivity contribution in [2.45, 2.75) is 26.3 Å². The summed E-state index contributed by atoms with van der Waals surface area (Å²) in [5, 5.41) is 4.45. The second-order valence-electron chi connectivity index (χ2n) is 4.45. The average molecular weight is 216 g/mol. The highest BCUT2D eigenvalue weighted by atomic mass is 15.6. The fourth-order valence-corrected chi connectivity index (χ4v) is 2.14. The van der Waals surface area contributed by atoms with Gasteiger partial charge in [-0.05, 0) is 30.5 Å². The van der Waals surface area contributed by atoms with Crippen molar-refractivity contribution >= 4 is 0 Å². The standard InChI is InChI=1S/C14H20N2/c1-5-12-6-8-13(9-7-12)14-10-11(2)15(3)16(14)4/h6-10,14H,5H2,1-4H3. The molecule has 2 nitrogen and oxygen atoms in total. The van der Waals surface area contributed by atoms with Crippen LogP contribution in [0.15, 0.2) is 36.0 Å². The lowest BCUT2D eigenvalue weighted by Crippen LogP contribution is -2.31. The monoisotopic (exact) mass is 216 g/mol. The second-order valence-corrected chi connectivity index (χ2v) is 4.45. The number of hydrogen-bond donors (Lipinski definition) is 0. The molecule has 1 unspecified atom stereocenters. The van der Waals surface area contributed by atoms with E-state index in [-0.39, 0.29) is 0 Å². The van der Waals surface area contributed by atoms with E-state index in [9.17, 15) is 0 Å². The van der Waals surface area contributed by atoms with Crippen molar-refractivity contribution < 1.29 is 0 Å². The number of rotatable bonds is 2. The molecule has 1 aliphatic rings. The van der Waals surface area contributed by atoms with Gasteiger partial charge in [0.05, 0.1) is 6.04 Å². The van der Waals surface area contributed by atoms with Crippen LogP contribution in [0.2, 0.25) is 0 Å². The van der Waals surface area contributed by atoms with Crippen molar-refractivity contribution in [2.75, 3.05) is 14.1 Å². The molecule has 16 heavy (non-hydrogen) atoms. The molecular weight excluding hydrogens is 196 g/mol. The molecule has 0 N–H and O–H groups in total. The molecule has 1 heterocycles. The number of likely N-dealkylation sites (N-methyl/N-ethyl adjacent to an activating group) is 1. The van der Waals surface area contributed by atoms with Crippen molar-refractivity contribution in [3.63, 3.8) is 0 Å². The van der Waals surface area contributed by atoms with E-state index in [0.29, 0.717) is 6.04 Å². The third-order valence-corrected chi connectivity index (χ3v) is 3.51. The fourth-order valence-electron chi connectivity index (χ4n) is 2.14. The van der Waals surface area contributed by atoms with Gasteiger partial charge in [-0.2, -0.15) is 0 Å². The summed E-state index contributed by atoms with van der Waals surface area (Å²) in [5.41, 5.74) is 4.08. The lowest BCUT2D eigenvalue weighted by molar-refractivity contribution is 0.0624. The number of nitrogens with zero attached hydrogens (tertiary/aromatic N) is 2. The first kappa shape index (κ1) is 11.2. The Hall–Kier alpha value is -1.28. The minimum Gasteiger partial charge on any atom is -0.313 e. The summed E-state index contributed by atoms with van der Waals surface area (Å²) in [4.78, 5) is 0. The zero-order chi connectivity index (χ0) is 11.7. The molecule has 0 saturated heterocycles.